The first kappa shape index (κ1) is 19.9. The summed E-state index contributed by atoms with van der Waals surface area (Å²) in [6, 6.07) is 6.01. The van der Waals surface area contributed by atoms with E-state index in [0.717, 1.165) is 18.4 Å². The van der Waals surface area contributed by atoms with E-state index in [1.807, 2.05) is 27.7 Å². The Kier molecular flexibility index (Phi) is 5.63. The molecular weight excluding hydrogens is 344 g/mol. The molecule has 0 aromatic heterocycles. The van der Waals surface area contributed by atoms with Crippen LogP contribution in [0, 0.1) is 11.8 Å². The highest BCUT2D eigenvalue weighted by atomic mass is 16.6. The highest BCUT2D eigenvalue weighted by Gasteiger charge is 2.60. The van der Waals surface area contributed by atoms with E-state index in [1.165, 1.54) is 12.1 Å². The van der Waals surface area contributed by atoms with Gasteiger partial charge in [-0.05, 0) is 63.3 Å². The monoisotopic (exact) mass is 374 g/mol. The molecule has 3 rings (SSSR count). The van der Waals surface area contributed by atoms with Gasteiger partial charge in [0.05, 0.1) is 17.3 Å². The summed E-state index contributed by atoms with van der Waals surface area (Å²) in [5.74, 6) is -0.459. The maximum Gasteiger partial charge on any atom is 0.338 e. The van der Waals surface area contributed by atoms with Crippen molar-refractivity contribution in [2.45, 2.75) is 70.9 Å². The van der Waals surface area contributed by atoms with E-state index in [9.17, 15) is 15.0 Å². The number of esters is 1. The number of hydrogen-bond acceptors (Lipinski definition) is 5. The first-order valence-electron chi connectivity index (χ1n) is 9.73. The summed E-state index contributed by atoms with van der Waals surface area (Å²) in [6.45, 7) is 8.17. The Balaban J connectivity index is 1.89. The van der Waals surface area contributed by atoms with Gasteiger partial charge >= 0.3 is 5.97 Å². The van der Waals surface area contributed by atoms with Gasteiger partial charge in [-0.2, -0.15) is 0 Å². The van der Waals surface area contributed by atoms with Crippen LogP contribution in [0.25, 0.3) is 0 Å². The molecule has 5 heteroatoms. The summed E-state index contributed by atoms with van der Waals surface area (Å²) < 4.78 is 11.9. The normalized spacial score (nSPS) is 33.8. The Morgan fingerprint density at radius 3 is 2.59 bits per heavy atom. The van der Waals surface area contributed by atoms with Gasteiger partial charge in [-0.1, -0.05) is 25.5 Å². The van der Waals surface area contributed by atoms with Gasteiger partial charge in [0.2, 0.25) is 0 Å². The van der Waals surface area contributed by atoms with Gasteiger partial charge in [0.1, 0.15) is 18.0 Å². The number of fused-ring (bicyclic) bond motifs is 1. The second-order valence-electron chi connectivity index (χ2n) is 8.45. The van der Waals surface area contributed by atoms with Crippen LogP contribution in [0.4, 0.5) is 0 Å². The minimum atomic E-state index is -0.606. The minimum Gasteiger partial charge on any atom is -0.508 e. The molecule has 1 heterocycles. The number of aromatic hydroxyl groups is 1. The highest BCUT2D eigenvalue weighted by molar-refractivity contribution is 5.89. The Labute approximate surface area is 161 Å². The summed E-state index contributed by atoms with van der Waals surface area (Å²) in [5.41, 5.74) is 1.20. The third kappa shape index (κ3) is 4.36. The third-order valence-corrected chi connectivity index (χ3v) is 5.84. The molecule has 5 unspecified atom stereocenters. The second-order valence-corrected chi connectivity index (χ2v) is 8.45. The lowest BCUT2D eigenvalue weighted by Crippen LogP contribution is -2.44. The quantitative estimate of drug-likeness (QED) is 0.477. The van der Waals surface area contributed by atoms with E-state index in [0.29, 0.717) is 12.0 Å². The number of carbonyl (C=O) groups excluding carboxylic acids is 1. The first-order chi connectivity index (χ1) is 12.7. The average Bonchev–Trinajstić information content (AvgIpc) is 3.25. The SMILES string of the molecule is CC1=CCCC2(C)OC2C(OC(=O)c2ccc(O)cc2)C(C(C)C)C(O)C1. The van der Waals surface area contributed by atoms with Crippen molar-refractivity contribution >= 4 is 5.97 Å². The number of hydrogen-bond donors (Lipinski definition) is 2. The van der Waals surface area contributed by atoms with Crippen molar-refractivity contribution in [2.24, 2.45) is 11.8 Å². The summed E-state index contributed by atoms with van der Waals surface area (Å²) in [7, 11) is 0. The number of benzene rings is 1. The fraction of sp³-hybridized carbons (Fsp3) is 0.591. The molecule has 2 aliphatic rings. The number of aliphatic hydroxyl groups is 1. The molecule has 1 aromatic carbocycles. The maximum absolute atomic E-state index is 12.7. The molecule has 0 spiro atoms. The van der Waals surface area contributed by atoms with E-state index < -0.39 is 18.2 Å². The van der Waals surface area contributed by atoms with Crippen LogP contribution in [-0.2, 0) is 9.47 Å². The van der Waals surface area contributed by atoms with E-state index >= 15 is 0 Å². The molecule has 5 nitrogen and oxygen atoms in total. The number of rotatable bonds is 3. The molecule has 148 valence electrons. The van der Waals surface area contributed by atoms with Crippen molar-refractivity contribution in [3.63, 3.8) is 0 Å². The number of aliphatic hydroxyl groups excluding tert-OH is 1. The van der Waals surface area contributed by atoms with Crippen LogP contribution in [0.15, 0.2) is 35.9 Å². The number of carbonyl (C=O) groups is 1. The van der Waals surface area contributed by atoms with Crippen LogP contribution in [0.2, 0.25) is 0 Å². The summed E-state index contributed by atoms with van der Waals surface area (Å²) >= 11 is 0. The van der Waals surface area contributed by atoms with E-state index in [4.69, 9.17) is 9.47 Å². The smallest absolute Gasteiger partial charge is 0.338 e. The zero-order valence-corrected chi connectivity index (χ0v) is 16.5. The largest absolute Gasteiger partial charge is 0.508 e. The van der Waals surface area contributed by atoms with Crippen molar-refractivity contribution < 1.29 is 24.5 Å². The van der Waals surface area contributed by atoms with E-state index in [2.05, 4.69) is 6.08 Å². The van der Waals surface area contributed by atoms with Crippen LogP contribution >= 0.6 is 0 Å². The van der Waals surface area contributed by atoms with Gasteiger partial charge in [-0.3, -0.25) is 0 Å². The van der Waals surface area contributed by atoms with Crippen molar-refractivity contribution in [2.75, 3.05) is 0 Å². The second kappa shape index (κ2) is 7.64. The molecule has 27 heavy (non-hydrogen) atoms. The molecule has 0 bridgehead atoms. The zero-order valence-electron chi connectivity index (χ0n) is 16.5. The summed E-state index contributed by atoms with van der Waals surface area (Å²) in [5, 5.41) is 20.4. The molecule has 1 fully saturated rings. The highest BCUT2D eigenvalue weighted by Crippen LogP contribution is 2.48. The molecule has 1 aliphatic carbocycles. The average molecular weight is 374 g/mol. The lowest BCUT2D eigenvalue weighted by atomic mass is 9.78. The lowest BCUT2D eigenvalue weighted by Gasteiger charge is -2.34. The van der Waals surface area contributed by atoms with E-state index in [1.54, 1.807) is 12.1 Å². The Hall–Kier alpha value is -1.85. The Morgan fingerprint density at radius 2 is 1.96 bits per heavy atom. The predicted octanol–water partition coefficient (Wildman–Crippen LogP) is 3.84. The van der Waals surface area contributed by atoms with Gasteiger partial charge in [0, 0.05) is 5.92 Å². The Morgan fingerprint density at radius 1 is 1.30 bits per heavy atom. The lowest BCUT2D eigenvalue weighted by molar-refractivity contribution is -0.0441. The zero-order chi connectivity index (χ0) is 19.8. The van der Waals surface area contributed by atoms with Crippen LogP contribution in [0.1, 0.15) is 57.3 Å². The van der Waals surface area contributed by atoms with Gasteiger partial charge < -0.3 is 19.7 Å². The van der Waals surface area contributed by atoms with Crippen LogP contribution in [0.5, 0.6) is 5.75 Å². The number of phenols is 1. The fourth-order valence-corrected chi connectivity index (χ4v) is 4.20. The van der Waals surface area contributed by atoms with Gasteiger partial charge in [-0.25, -0.2) is 4.79 Å². The van der Waals surface area contributed by atoms with Gasteiger partial charge in [0.25, 0.3) is 0 Å². The molecule has 1 aromatic rings. The topological polar surface area (TPSA) is 79.3 Å². The van der Waals surface area contributed by atoms with Crippen molar-refractivity contribution in [3.05, 3.63) is 41.5 Å². The number of ether oxygens (including phenoxy) is 2. The fourth-order valence-electron chi connectivity index (χ4n) is 4.20. The number of phenolic OH excluding ortho intramolecular Hbond substituents is 1. The molecule has 1 aliphatic heterocycles. The molecule has 0 saturated carbocycles. The molecule has 0 amide bonds. The van der Waals surface area contributed by atoms with E-state index in [-0.39, 0.29) is 29.3 Å². The van der Waals surface area contributed by atoms with Crippen LogP contribution in [0.3, 0.4) is 0 Å². The van der Waals surface area contributed by atoms with Crippen molar-refractivity contribution in [3.8, 4) is 5.75 Å². The van der Waals surface area contributed by atoms with Crippen molar-refractivity contribution in [1.82, 2.24) is 0 Å². The van der Waals surface area contributed by atoms with Crippen LogP contribution in [-0.4, -0.2) is 40.1 Å². The molecule has 1 saturated heterocycles. The first-order valence-corrected chi connectivity index (χ1v) is 9.73. The number of allylic oxidation sites excluding steroid dienone is 1. The molecule has 5 atom stereocenters. The van der Waals surface area contributed by atoms with Gasteiger partial charge in [0.15, 0.2) is 0 Å². The Bertz CT molecular complexity index is 708. The van der Waals surface area contributed by atoms with Crippen LogP contribution < -0.4 is 0 Å². The predicted molar refractivity (Wildman–Crippen MR) is 103 cm³/mol. The van der Waals surface area contributed by atoms with Gasteiger partial charge in [-0.15, -0.1) is 0 Å². The summed E-state index contributed by atoms with van der Waals surface area (Å²) in [6.07, 6.45) is 3.15. The molecule has 2 N–H and O–H groups in total. The molecular formula is C22H30O5. The standard InChI is InChI=1S/C22H30O5/c1-13(2)18-17(24)12-14(3)6-5-11-22(4)20(27-22)19(18)26-21(25)15-7-9-16(23)10-8-15/h6-10,13,17-20,23-24H,5,11-12H2,1-4H3. The number of epoxide rings is 1. The summed E-state index contributed by atoms with van der Waals surface area (Å²) in [4.78, 5) is 12.7. The minimum absolute atomic E-state index is 0.0982. The molecule has 0 radical (unpaired) electrons. The van der Waals surface area contributed by atoms with Crippen molar-refractivity contribution in [1.29, 1.82) is 0 Å². The third-order valence-electron chi connectivity index (χ3n) is 5.84. The maximum atomic E-state index is 12.7.